The van der Waals surface area contributed by atoms with E-state index >= 15 is 0 Å². The van der Waals surface area contributed by atoms with Gasteiger partial charge in [0.25, 0.3) is 0 Å². The fourth-order valence-corrected chi connectivity index (χ4v) is 2.59. The number of aromatic nitrogens is 1. The number of pyridine rings is 1. The van der Waals surface area contributed by atoms with E-state index in [1.165, 1.54) is 0 Å². The number of nitrogens with zero attached hydrogens (tertiary/aromatic N) is 2. The number of nitrogens with one attached hydrogen (secondary N) is 2. The topological polar surface area (TPSA) is 58.5 Å². The van der Waals surface area contributed by atoms with Crippen molar-refractivity contribution >= 4 is 5.84 Å². The van der Waals surface area contributed by atoms with Crippen LogP contribution in [0.1, 0.15) is 17.2 Å². The molecule has 2 aromatic rings. The maximum Gasteiger partial charge on any atom is 0.123 e. The second-order valence-electron chi connectivity index (χ2n) is 5.11. The number of amidine groups is 1. The molecule has 5 nitrogen and oxygen atoms in total. The Balaban J connectivity index is 1.74. The lowest BCUT2D eigenvalue weighted by molar-refractivity contribution is 0.409. The van der Waals surface area contributed by atoms with Gasteiger partial charge < -0.3 is 15.4 Å². The van der Waals surface area contributed by atoms with Gasteiger partial charge in [0, 0.05) is 31.0 Å². The summed E-state index contributed by atoms with van der Waals surface area (Å²) >= 11 is 0. The summed E-state index contributed by atoms with van der Waals surface area (Å²) in [6.45, 7) is 2.34. The maximum absolute atomic E-state index is 5.39. The number of aliphatic imine (C=N–C) groups is 1. The molecule has 22 heavy (non-hydrogen) atoms. The zero-order chi connectivity index (χ0) is 15.2. The summed E-state index contributed by atoms with van der Waals surface area (Å²) in [6, 6.07) is 12.1. The average molecular weight is 296 g/mol. The number of rotatable bonds is 4. The van der Waals surface area contributed by atoms with E-state index in [1.807, 2.05) is 30.5 Å². The van der Waals surface area contributed by atoms with Crippen molar-refractivity contribution in [2.75, 3.05) is 20.2 Å². The molecule has 1 aromatic heterocycles. The zero-order valence-corrected chi connectivity index (χ0v) is 12.6. The molecule has 5 heteroatoms. The number of para-hydroxylation sites is 1. The highest BCUT2D eigenvalue weighted by molar-refractivity contribution is 5.89. The van der Waals surface area contributed by atoms with Gasteiger partial charge in [-0.3, -0.25) is 9.98 Å². The number of ether oxygens (including phenoxy) is 1. The van der Waals surface area contributed by atoms with Gasteiger partial charge in [-0.1, -0.05) is 24.3 Å². The number of benzene rings is 1. The minimum Gasteiger partial charge on any atom is -0.496 e. The molecule has 0 aliphatic carbocycles. The van der Waals surface area contributed by atoms with Crippen molar-refractivity contribution in [3.63, 3.8) is 0 Å². The molecule has 1 aromatic carbocycles. The molecule has 0 radical (unpaired) electrons. The van der Waals surface area contributed by atoms with Gasteiger partial charge in [0.15, 0.2) is 0 Å². The summed E-state index contributed by atoms with van der Waals surface area (Å²) < 4.78 is 5.39. The van der Waals surface area contributed by atoms with Crippen LogP contribution < -0.4 is 15.4 Å². The van der Waals surface area contributed by atoms with E-state index in [0.29, 0.717) is 6.54 Å². The Labute approximate surface area is 130 Å². The van der Waals surface area contributed by atoms with Crippen LogP contribution >= 0.6 is 0 Å². The Morgan fingerprint density at radius 1 is 1.27 bits per heavy atom. The van der Waals surface area contributed by atoms with Crippen molar-refractivity contribution in [1.82, 2.24) is 15.6 Å². The standard InChI is InChI=1S/C17H20N4O/c1-22-15-7-3-2-5-13(15)12-21-17-16(19-9-10-20-17)14-6-4-8-18-11-14/h2-8,11,16,19H,9-10,12H2,1H3,(H,20,21). The molecule has 1 unspecified atom stereocenters. The number of methoxy groups -OCH3 is 1. The third kappa shape index (κ3) is 3.26. The second-order valence-corrected chi connectivity index (χ2v) is 5.11. The predicted octanol–water partition coefficient (Wildman–Crippen LogP) is 1.92. The van der Waals surface area contributed by atoms with E-state index in [0.717, 1.165) is 35.8 Å². The Kier molecular flexibility index (Phi) is 4.65. The normalized spacial score (nSPS) is 17.7. The van der Waals surface area contributed by atoms with E-state index in [1.54, 1.807) is 13.3 Å². The molecular formula is C17H20N4O. The van der Waals surface area contributed by atoms with Gasteiger partial charge in [0.1, 0.15) is 11.6 Å². The van der Waals surface area contributed by atoms with Crippen LogP contribution in [0.2, 0.25) is 0 Å². The van der Waals surface area contributed by atoms with Crippen LogP contribution in [-0.2, 0) is 6.54 Å². The lowest BCUT2D eigenvalue weighted by atomic mass is 10.1. The molecule has 2 heterocycles. The molecule has 0 amide bonds. The second kappa shape index (κ2) is 7.04. The molecule has 0 spiro atoms. The summed E-state index contributed by atoms with van der Waals surface area (Å²) in [5.41, 5.74) is 2.23. The monoisotopic (exact) mass is 296 g/mol. The molecule has 3 rings (SSSR count). The third-order valence-electron chi connectivity index (χ3n) is 3.69. The maximum atomic E-state index is 5.39. The van der Waals surface area contributed by atoms with Crippen LogP contribution in [0.5, 0.6) is 5.75 Å². The smallest absolute Gasteiger partial charge is 0.123 e. The third-order valence-corrected chi connectivity index (χ3v) is 3.69. The molecule has 1 aliphatic heterocycles. The zero-order valence-electron chi connectivity index (χ0n) is 12.6. The van der Waals surface area contributed by atoms with Crippen LogP contribution in [-0.4, -0.2) is 31.0 Å². The van der Waals surface area contributed by atoms with E-state index in [4.69, 9.17) is 4.74 Å². The van der Waals surface area contributed by atoms with Crippen LogP contribution in [0.25, 0.3) is 0 Å². The van der Waals surface area contributed by atoms with Crippen LogP contribution in [0, 0.1) is 0 Å². The van der Waals surface area contributed by atoms with E-state index in [2.05, 4.69) is 32.7 Å². The van der Waals surface area contributed by atoms with Crippen molar-refractivity contribution in [2.24, 2.45) is 4.99 Å². The van der Waals surface area contributed by atoms with Crippen molar-refractivity contribution in [2.45, 2.75) is 12.6 Å². The highest BCUT2D eigenvalue weighted by atomic mass is 16.5. The van der Waals surface area contributed by atoms with Gasteiger partial charge in [-0.2, -0.15) is 0 Å². The van der Waals surface area contributed by atoms with Crippen LogP contribution in [0.15, 0.2) is 53.8 Å². The molecule has 0 saturated carbocycles. The molecule has 114 valence electrons. The van der Waals surface area contributed by atoms with Gasteiger partial charge in [0.2, 0.25) is 0 Å². The number of hydrogen-bond donors (Lipinski definition) is 2. The van der Waals surface area contributed by atoms with Crippen molar-refractivity contribution in [3.8, 4) is 5.75 Å². The average Bonchev–Trinajstić information content (AvgIpc) is 2.61. The molecule has 0 fully saturated rings. The quantitative estimate of drug-likeness (QED) is 0.905. The summed E-state index contributed by atoms with van der Waals surface area (Å²) in [4.78, 5) is 8.83. The van der Waals surface area contributed by atoms with E-state index < -0.39 is 0 Å². The first-order valence-corrected chi connectivity index (χ1v) is 7.42. The Bertz CT molecular complexity index is 642. The Morgan fingerprint density at radius 3 is 3.00 bits per heavy atom. The van der Waals surface area contributed by atoms with Crippen molar-refractivity contribution in [3.05, 3.63) is 59.9 Å². The fourth-order valence-electron chi connectivity index (χ4n) is 2.59. The van der Waals surface area contributed by atoms with Gasteiger partial charge in [-0.15, -0.1) is 0 Å². The van der Waals surface area contributed by atoms with Crippen LogP contribution in [0.3, 0.4) is 0 Å². The summed E-state index contributed by atoms with van der Waals surface area (Å²) in [5, 5.41) is 6.93. The summed E-state index contributed by atoms with van der Waals surface area (Å²) in [7, 11) is 1.69. The van der Waals surface area contributed by atoms with Crippen molar-refractivity contribution < 1.29 is 4.74 Å². The first kappa shape index (κ1) is 14.5. The predicted molar refractivity (Wildman–Crippen MR) is 87.1 cm³/mol. The minimum absolute atomic E-state index is 0.0668. The SMILES string of the molecule is COc1ccccc1CNC1=NCCNC1c1cccnc1. The van der Waals surface area contributed by atoms with Gasteiger partial charge in [-0.25, -0.2) is 0 Å². The fraction of sp³-hybridized carbons (Fsp3) is 0.294. The highest BCUT2D eigenvalue weighted by Crippen LogP contribution is 2.19. The largest absolute Gasteiger partial charge is 0.496 e. The van der Waals surface area contributed by atoms with Crippen LogP contribution in [0.4, 0.5) is 0 Å². The Hall–Kier alpha value is -2.40. The molecule has 1 atom stereocenters. The molecular weight excluding hydrogens is 276 g/mol. The first-order chi connectivity index (χ1) is 10.9. The first-order valence-electron chi connectivity index (χ1n) is 7.42. The molecule has 0 saturated heterocycles. The van der Waals surface area contributed by atoms with Crippen molar-refractivity contribution in [1.29, 1.82) is 0 Å². The number of hydrogen-bond acceptors (Lipinski definition) is 5. The lowest BCUT2D eigenvalue weighted by Gasteiger charge is -2.26. The summed E-state index contributed by atoms with van der Waals surface area (Å²) in [5.74, 6) is 1.84. The molecule has 2 N–H and O–H groups in total. The van der Waals surface area contributed by atoms with Gasteiger partial charge in [0.05, 0.1) is 19.7 Å². The highest BCUT2D eigenvalue weighted by Gasteiger charge is 2.20. The van der Waals surface area contributed by atoms with E-state index in [-0.39, 0.29) is 6.04 Å². The lowest BCUT2D eigenvalue weighted by Crippen LogP contribution is -2.42. The summed E-state index contributed by atoms with van der Waals surface area (Å²) in [6.07, 6.45) is 3.66. The molecule has 1 aliphatic rings. The van der Waals surface area contributed by atoms with Gasteiger partial charge >= 0.3 is 0 Å². The Morgan fingerprint density at radius 2 is 2.18 bits per heavy atom. The minimum atomic E-state index is 0.0668. The van der Waals surface area contributed by atoms with E-state index in [9.17, 15) is 0 Å². The van der Waals surface area contributed by atoms with Gasteiger partial charge in [-0.05, 0) is 17.7 Å². The molecule has 0 bridgehead atoms.